The van der Waals surface area contributed by atoms with E-state index in [9.17, 15) is 4.79 Å². The minimum absolute atomic E-state index is 0.135. The van der Waals surface area contributed by atoms with Crippen molar-refractivity contribution in [1.29, 1.82) is 0 Å². The number of hydrogen-bond donors (Lipinski definition) is 1. The molecule has 21 heavy (non-hydrogen) atoms. The second kappa shape index (κ2) is 7.85. The largest absolute Gasteiger partial charge is 0.497 e. The van der Waals surface area contributed by atoms with Gasteiger partial charge in [-0.3, -0.25) is 4.79 Å². The third-order valence-electron chi connectivity index (χ3n) is 3.23. The van der Waals surface area contributed by atoms with Gasteiger partial charge in [-0.25, -0.2) is 0 Å². The first-order chi connectivity index (χ1) is 10.2. The zero-order valence-corrected chi connectivity index (χ0v) is 12.4. The van der Waals surface area contributed by atoms with Crippen LogP contribution in [0.1, 0.15) is 5.56 Å². The standard InChI is InChI=1S/C15H21NO5/c1-18-12-7-11(8-13(9-12)19-2)3-4-16-15(17)14-10-20-5-6-21-14/h7-9,14H,3-6,10H2,1-2H3,(H,16,17). The van der Waals surface area contributed by atoms with Crippen molar-refractivity contribution >= 4 is 5.91 Å². The number of hydrogen-bond acceptors (Lipinski definition) is 5. The lowest BCUT2D eigenvalue weighted by Crippen LogP contribution is -2.43. The van der Waals surface area contributed by atoms with Crippen LogP contribution in [0.25, 0.3) is 0 Å². The van der Waals surface area contributed by atoms with Gasteiger partial charge in [-0.1, -0.05) is 0 Å². The van der Waals surface area contributed by atoms with Crippen LogP contribution in [0.3, 0.4) is 0 Å². The third kappa shape index (κ3) is 4.61. The molecule has 1 amide bonds. The zero-order valence-electron chi connectivity index (χ0n) is 12.4. The van der Waals surface area contributed by atoms with E-state index in [2.05, 4.69) is 5.32 Å². The fraction of sp³-hybridized carbons (Fsp3) is 0.533. The average Bonchev–Trinajstić information content (AvgIpc) is 2.55. The fourth-order valence-electron chi connectivity index (χ4n) is 2.09. The Morgan fingerprint density at radius 3 is 2.52 bits per heavy atom. The van der Waals surface area contributed by atoms with Crippen molar-refractivity contribution < 1.29 is 23.7 Å². The molecule has 6 nitrogen and oxygen atoms in total. The van der Waals surface area contributed by atoms with Gasteiger partial charge in [0.15, 0.2) is 6.10 Å². The van der Waals surface area contributed by atoms with E-state index in [1.165, 1.54) is 0 Å². The summed E-state index contributed by atoms with van der Waals surface area (Å²) in [5.74, 6) is 1.34. The van der Waals surface area contributed by atoms with Gasteiger partial charge in [0.2, 0.25) is 0 Å². The predicted molar refractivity (Wildman–Crippen MR) is 76.8 cm³/mol. The summed E-state index contributed by atoms with van der Waals surface area (Å²) in [5.41, 5.74) is 1.03. The number of carbonyl (C=O) groups excluding carboxylic acids is 1. The minimum Gasteiger partial charge on any atom is -0.497 e. The molecule has 1 aliphatic heterocycles. The van der Waals surface area contributed by atoms with Gasteiger partial charge >= 0.3 is 0 Å². The van der Waals surface area contributed by atoms with Gasteiger partial charge < -0.3 is 24.3 Å². The Bertz CT molecular complexity index is 449. The summed E-state index contributed by atoms with van der Waals surface area (Å²) in [6, 6.07) is 5.67. The van der Waals surface area contributed by atoms with Crippen molar-refractivity contribution in [2.24, 2.45) is 0 Å². The van der Waals surface area contributed by atoms with Gasteiger partial charge in [-0.15, -0.1) is 0 Å². The van der Waals surface area contributed by atoms with E-state index in [0.717, 1.165) is 17.1 Å². The van der Waals surface area contributed by atoms with Crippen LogP contribution in [0.4, 0.5) is 0 Å². The molecule has 0 aliphatic carbocycles. The number of rotatable bonds is 6. The highest BCUT2D eigenvalue weighted by Gasteiger charge is 2.21. The predicted octanol–water partition coefficient (Wildman–Crippen LogP) is 0.778. The topological polar surface area (TPSA) is 66.0 Å². The van der Waals surface area contributed by atoms with E-state index in [-0.39, 0.29) is 5.91 Å². The summed E-state index contributed by atoms with van der Waals surface area (Å²) in [4.78, 5) is 11.9. The van der Waals surface area contributed by atoms with Crippen LogP contribution >= 0.6 is 0 Å². The summed E-state index contributed by atoms with van der Waals surface area (Å²) >= 11 is 0. The number of amides is 1. The molecule has 6 heteroatoms. The Morgan fingerprint density at radius 1 is 1.24 bits per heavy atom. The van der Waals surface area contributed by atoms with Gasteiger partial charge in [-0.05, 0) is 24.1 Å². The maximum atomic E-state index is 11.9. The van der Waals surface area contributed by atoms with Crippen LogP contribution in [-0.2, 0) is 20.7 Å². The first-order valence-electron chi connectivity index (χ1n) is 6.92. The van der Waals surface area contributed by atoms with Crippen molar-refractivity contribution in [2.75, 3.05) is 40.6 Å². The molecule has 116 valence electrons. The molecule has 1 aliphatic rings. The number of ether oxygens (including phenoxy) is 4. The van der Waals surface area contributed by atoms with E-state index in [1.54, 1.807) is 14.2 Å². The van der Waals surface area contributed by atoms with Gasteiger partial charge in [-0.2, -0.15) is 0 Å². The van der Waals surface area contributed by atoms with Gasteiger partial charge in [0.05, 0.1) is 34.0 Å². The number of carbonyl (C=O) groups is 1. The molecule has 1 atom stereocenters. The molecule has 1 unspecified atom stereocenters. The molecule has 2 rings (SSSR count). The van der Waals surface area contributed by atoms with Crippen molar-refractivity contribution in [1.82, 2.24) is 5.32 Å². The van der Waals surface area contributed by atoms with E-state index >= 15 is 0 Å². The normalized spacial score (nSPS) is 18.1. The van der Waals surface area contributed by atoms with Crippen LogP contribution in [0.5, 0.6) is 11.5 Å². The Balaban J connectivity index is 1.83. The van der Waals surface area contributed by atoms with E-state index in [1.807, 2.05) is 18.2 Å². The van der Waals surface area contributed by atoms with Crippen molar-refractivity contribution in [3.8, 4) is 11.5 Å². The monoisotopic (exact) mass is 295 g/mol. The highest BCUT2D eigenvalue weighted by atomic mass is 16.6. The van der Waals surface area contributed by atoms with Gasteiger partial charge in [0, 0.05) is 12.6 Å². The molecule has 1 aromatic rings. The Morgan fingerprint density at radius 2 is 1.95 bits per heavy atom. The van der Waals surface area contributed by atoms with E-state index < -0.39 is 6.10 Å². The molecular formula is C15H21NO5. The van der Waals surface area contributed by atoms with Crippen molar-refractivity contribution in [2.45, 2.75) is 12.5 Å². The molecule has 0 saturated carbocycles. The molecule has 1 fully saturated rings. The second-order valence-corrected chi connectivity index (χ2v) is 4.70. The third-order valence-corrected chi connectivity index (χ3v) is 3.23. The first kappa shape index (κ1) is 15.6. The smallest absolute Gasteiger partial charge is 0.251 e. The molecule has 1 heterocycles. The molecule has 0 spiro atoms. The molecule has 0 radical (unpaired) electrons. The summed E-state index contributed by atoms with van der Waals surface area (Å²) in [6.07, 6.45) is 0.186. The molecule has 0 aromatic heterocycles. The van der Waals surface area contributed by atoms with Gasteiger partial charge in [0.1, 0.15) is 11.5 Å². The summed E-state index contributed by atoms with van der Waals surface area (Å²) in [7, 11) is 3.22. The molecule has 0 bridgehead atoms. The van der Waals surface area contributed by atoms with Crippen LogP contribution in [0.2, 0.25) is 0 Å². The second-order valence-electron chi connectivity index (χ2n) is 4.70. The SMILES string of the molecule is COc1cc(CCNC(=O)C2COCCO2)cc(OC)c1. The number of methoxy groups -OCH3 is 2. The van der Waals surface area contributed by atoms with Gasteiger partial charge in [0.25, 0.3) is 5.91 Å². The van der Waals surface area contributed by atoms with Crippen LogP contribution < -0.4 is 14.8 Å². The lowest BCUT2D eigenvalue weighted by atomic mass is 10.1. The minimum atomic E-state index is -0.501. The molecule has 1 N–H and O–H groups in total. The van der Waals surface area contributed by atoms with Crippen LogP contribution in [0, 0.1) is 0 Å². The lowest BCUT2D eigenvalue weighted by Gasteiger charge is -2.22. The summed E-state index contributed by atoms with van der Waals surface area (Å²) in [5, 5.41) is 2.85. The first-order valence-corrected chi connectivity index (χ1v) is 6.92. The zero-order chi connectivity index (χ0) is 15.1. The Hall–Kier alpha value is -1.79. The van der Waals surface area contributed by atoms with E-state index in [0.29, 0.717) is 32.8 Å². The van der Waals surface area contributed by atoms with Crippen molar-refractivity contribution in [3.05, 3.63) is 23.8 Å². The van der Waals surface area contributed by atoms with Crippen LogP contribution in [0.15, 0.2) is 18.2 Å². The fourth-order valence-corrected chi connectivity index (χ4v) is 2.09. The maximum absolute atomic E-state index is 11.9. The summed E-state index contributed by atoms with van der Waals surface area (Å²) < 4.78 is 21.0. The highest BCUT2D eigenvalue weighted by Crippen LogP contribution is 2.22. The average molecular weight is 295 g/mol. The number of benzene rings is 1. The summed E-state index contributed by atoms with van der Waals surface area (Å²) in [6.45, 7) is 1.85. The Labute approximate surface area is 124 Å². The van der Waals surface area contributed by atoms with E-state index in [4.69, 9.17) is 18.9 Å². The quantitative estimate of drug-likeness (QED) is 0.840. The lowest BCUT2D eigenvalue weighted by molar-refractivity contribution is -0.147. The number of nitrogens with one attached hydrogen (secondary N) is 1. The molecular weight excluding hydrogens is 274 g/mol. The van der Waals surface area contributed by atoms with Crippen molar-refractivity contribution in [3.63, 3.8) is 0 Å². The molecule has 1 saturated heterocycles. The molecule has 1 aromatic carbocycles. The maximum Gasteiger partial charge on any atom is 0.251 e. The Kier molecular flexibility index (Phi) is 5.83. The van der Waals surface area contributed by atoms with Crippen LogP contribution in [-0.4, -0.2) is 52.6 Å². The highest BCUT2D eigenvalue weighted by molar-refractivity contribution is 5.80.